The predicted octanol–water partition coefficient (Wildman–Crippen LogP) is 4.24. The summed E-state index contributed by atoms with van der Waals surface area (Å²) in [5.74, 6) is 3.39. The van der Waals surface area contributed by atoms with Gasteiger partial charge in [0.2, 0.25) is 5.91 Å². The lowest BCUT2D eigenvalue weighted by molar-refractivity contribution is -0.143. The summed E-state index contributed by atoms with van der Waals surface area (Å²) in [5.41, 5.74) is 1.15. The Morgan fingerprint density at radius 2 is 1.91 bits per heavy atom. The van der Waals surface area contributed by atoms with Crippen molar-refractivity contribution in [1.29, 1.82) is 0 Å². The summed E-state index contributed by atoms with van der Waals surface area (Å²) >= 11 is 0. The summed E-state index contributed by atoms with van der Waals surface area (Å²) in [7, 11) is 0. The van der Waals surface area contributed by atoms with Gasteiger partial charge in [0.25, 0.3) is 0 Å². The van der Waals surface area contributed by atoms with Crippen LogP contribution in [0, 0.1) is 34.0 Å². The van der Waals surface area contributed by atoms with E-state index in [0.29, 0.717) is 16.7 Å². The lowest BCUT2D eigenvalue weighted by atomic mass is 9.55. The molecule has 0 radical (unpaired) electrons. The smallest absolute Gasteiger partial charge is 0.228 e. The molecule has 0 N–H and O–H groups in total. The van der Waals surface area contributed by atoms with E-state index in [1.54, 1.807) is 0 Å². The van der Waals surface area contributed by atoms with Crippen molar-refractivity contribution in [2.24, 2.45) is 34.0 Å². The number of carbonyl (C=O) groups is 1. The van der Waals surface area contributed by atoms with E-state index in [2.05, 4.69) is 18.7 Å². The number of hydrogen-bond acceptors (Lipinski definition) is 1. The Morgan fingerprint density at radius 3 is 2.64 bits per heavy atom. The molecule has 1 saturated heterocycles. The minimum atomic E-state index is 0.0798. The van der Waals surface area contributed by atoms with E-state index in [4.69, 9.17) is 0 Å². The van der Waals surface area contributed by atoms with Crippen LogP contribution in [-0.2, 0) is 4.79 Å². The van der Waals surface area contributed by atoms with Crippen LogP contribution in [0.15, 0.2) is 0 Å². The molecule has 2 heteroatoms. The maximum atomic E-state index is 13.5. The van der Waals surface area contributed by atoms with Gasteiger partial charge in [-0.1, -0.05) is 13.8 Å². The second kappa shape index (κ2) is 4.11. The fourth-order valence-electron chi connectivity index (χ4n) is 7.88. The molecule has 0 aromatic heterocycles. The fourth-order valence-corrected chi connectivity index (χ4v) is 7.88. The zero-order valence-corrected chi connectivity index (χ0v) is 14.4. The molecule has 2 nitrogen and oxygen atoms in total. The van der Waals surface area contributed by atoms with Gasteiger partial charge in [-0.2, -0.15) is 0 Å². The number of carbonyl (C=O) groups excluding carboxylic acids is 1. The molecule has 5 atom stereocenters. The molecule has 5 fully saturated rings. The molecule has 4 saturated carbocycles. The molecule has 5 rings (SSSR count). The SMILES string of the molecule is CCC1(CC)CCN(C(=O)C23CC4CC5CC(C2)C5(C4)C3)C1. The second-order valence-electron chi connectivity index (χ2n) is 9.72. The van der Waals surface area contributed by atoms with Gasteiger partial charge in [0.05, 0.1) is 5.41 Å². The first-order valence-corrected chi connectivity index (χ1v) is 9.84. The summed E-state index contributed by atoms with van der Waals surface area (Å²) < 4.78 is 0. The molecule has 0 aromatic rings. The summed E-state index contributed by atoms with van der Waals surface area (Å²) in [6.07, 6.45) is 11.9. The third-order valence-electron chi connectivity index (χ3n) is 9.14. The lowest BCUT2D eigenvalue weighted by Crippen LogP contribution is -2.45. The number of fused-ring (bicyclic) bond motifs is 2. The fraction of sp³-hybridized carbons (Fsp3) is 0.950. The highest BCUT2D eigenvalue weighted by Gasteiger charge is 2.72. The summed E-state index contributed by atoms with van der Waals surface area (Å²) in [5, 5.41) is 0. The summed E-state index contributed by atoms with van der Waals surface area (Å²) in [6, 6.07) is 0. The Kier molecular flexibility index (Phi) is 2.59. The van der Waals surface area contributed by atoms with E-state index in [1.165, 1.54) is 57.8 Å². The van der Waals surface area contributed by atoms with E-state index in [1.807, 2.05) is 0 Å². The van der Waals surface area contributed by atoms with Crippen LogP contribution >= 0.6 is 0 Å². The van der Waals surface area contributed by atoms with Crippen molar-refractivity contribution in [2.75, 3.05) is 13.1 Å². The van der Waals surface area contributed by atoms with Crippen LogP contribution in [-0.4, -0.2) is 23.9 Å². The van der Waals surface area contributed by atoms with Crippen LogP contribution in [0.3, 0.4) is 0 Å². The van der Waals surface area contributed by atoms with E-state index < -0.39 is 0 Å². The minimum Gasteiger partial charge on any atom is -0.342 e. The highest BCUT2D eigenvalue weighted by molar-refractivity contribution is 5.84. The van der Waals surface area contributed by atoms with E-state index in [-0.39, 0.29) is 5.41 Å². The summed E-state index contributed by atoms with van der Waals surface area (Å²) in [4.78, 5) is 15.8. The van der Waals surface area contributed by atoms with E-state index >= 15 is 0 Å². The van der Waals surface area contributed by atoms with Crippen molar-refractivity contribution in [3.05, 3.63) is 0 Å². The van der Waals surface area contributed by atoms with Gasteiger partial charge in [0.1, 0.15) is 0 Å². The highest BCUT2D eigenvalue weighted by atomic mass is 16.2. The summed E-state index contributed by atoms with van der Waals surface area (Å²) in [6.45, 7) is 6.71. The number of amides is 1. The number of hydrogen-bond donors (Lipinski definition) is 0. The van der Waals surface area contributed by atoms with Gasteiger partial charge in [-0.25, -0.2) is 0 Å². The molecule has 1 aliphatic heterocycles. The average Bonchev–Trinajstić information content (AvgIpc) is 3.09. The maximum absolute atomic E-state index is 13.5. The standard InChI is InChI=1S/C20H31NO/c1-3-18(4-2)5-6-21(13-18)17(22)19-9-14-7-15-8-16(11-19)20(15,10-14)12-19/h14-16H,3-13H2,1-2H3. The first-order valence-electron chi connectivity index (χ1n) is 9.84. The van der Waals surface area contributed by atoms with Gasteiger partial charge in [0.15, 0.2) is 0 Å². The molecule has 0 aromatic carbocycles. The van der Waals surface area contributed by atoms with Crippen molar-refractivity contribution in [3.8, 4) is 0 Å². The normalized spacial score (nSPS) is 50.3. The quantitative estimate of drug-likeness (QED) is 0.763. The Labute approximate surface area is 135 Å². The maximum Gasteiger partial charge on any atom is 0.228 e. The van der Waals surface area contributed by atoms with Crippen molar-refractivity contribution < 1.29 is 4.79 Å². The van der Waals surface area contributed by atoms with Crippen molar-refractivity contribution >= 4 is 5.91 Å². The number of rotatable bonds is 3. The molecule has 1 heterocycles. The first kappa shape index (κ1) is 13.9. The van der Waals surface area contributed by atoms with Crippen molar-refractivity contribution in [2.45, 2.75) is 71.6 Å². The van der Waals surface area contributed by atoms with Crippen LogP contribution < -0.4 is 0 Å². The number of nitrogens with zero attached hydrogens (tertiary/aromatic N) is 1. The van der Waals surface area contributed by atoms with Gasteiger partial charge >= 0.3 is 0 Å². The molecular weight excluding hydrogens is 270 g/mol. The Bertz CT molecular complexity index is 520. The Morgan fingerprint density at radius 1 is 1.09 bits per heavy atom. The molecule has 1 spiro atoms. The predicted molar refractivity (Wildman–Crippen MR) is 87.3 cm³/mol. The van der Waals surface area contributed by atoms with Crippen molar-refractivity contribution in [1.82, 2.24) is 4.90 Å². The zero-order chi connectivity index (χ0) is 15.2. The van der Waals surface area contributed by atoms with Gasteiger partial charge in [-0.05, 0) is 86.4 Å². The molecular formula is C20H31NO. The lowest BCUT2D eigenvalue weighted by Gasteiger charge is -2.49. The topological polar surface area (TPSA) is 20.3 Å². The second-order valence-corrected chi connectivity index (χ2v) is 9.72. The van der Waals surface area contributed by atoms with Crippen LogP contribution in [0.25, 0.3) is 0 Å². The van der Waals surface area contributed by atoms with E-state index in [0.717, 1.165) is 30.8 Å². The van der Waals surface area contributed by atoms with Gasteiger partial charge in [-0.3, -0.25) is 4.79 Å². The van der Waals surface area contributed by atoms with Crippen LogP contribution in [0.5, 0.6) is 0 Å². The van der Waals surface area contributed by atoms with Gasteiger partial charge in [0, 0.05) is 13.1 Å². The van der Waals surface area contributed by atoms with Gasteiger partial charge < -0.3 is 4.90 Å². The first-order chi connectivity index (χ1) is 10.5. The third kappa shape index (κ3) is 1.46. The van der Waals surface area contributed by atoms with Crippen LogP contribution in [0.4, 0.5) is 0 Å². The molecule has 122 valence electrons. The zero-order valence-electron chi connectivity index (χ0n) is 14.4. The molecule has 5 unspecified atom stereocenters. The number of likely N-dealkylation sites (tertiary alicyclic amines) is 1. The monoisotopic (exact) mass is 301 g/mol. The Hall–Kier alpha value is -0.530. The van der Waals surface area contributed by atoms with Crippen LogP contribution in [0.1, 0.15) is 71.6 Å². The minimum absolute atomic E-state index is 0.0798. The molecule has 3 bridgehead atoms. The largest absolute Gasteiger partial charge is 0.342 e. The average molecular weight is 301 g/mol. The third-order valence-corrected chi connectivity index (χ3v) is 9.14. The molecule has 5 aliphatic rings. The van der Waals surface area contributed by atoms with Crippen molar-refractivity contribution in [3.63, 3.8) is 0 Å². The molecule has 4 aliphatic carbocycles. The van der Waals surface area contributed by atoms with Crippen LogP contribution in [0.2, 0.25) is 0 Å². The van der Waals surface area contributed by atoms with E-state index in [9.17, 15) is 4.79 Å². The molecule has 22 heavy (non-hydrogen) atoms. The Balaban J connectivity index is 1.41. The highest BCUT2D eigenvalue weighted by Crippen LogP contribution is 2.79. The molecule has 1 amide bonds. The van der Waals surface area contributed by atoms with Gasteiger partial charge in [-0.15, -0.1) is 0 Å².